The molecule has 0 saturated heterocycles. The van der Waals surface area contributed by atoms with E-state index in [2.05, 4.69) is 9.61 Å². The Bertz CT molecular complexity index is 661. The first-order valence-electron chi connectivity index (χ1n) is 6.80. The second-order valence-corrected chi connectivity index (χ2v) is 6.42. The van der Waals surface area contributed by atoms with Gasteiger partial charge in [-0.05, 0) is 24.1 Å². The number of benzene rings is 1. The Morgan fingerprint density at radius 1 is 1.27 bits per heavy atom. The number of aromatic hydroxyl groups is 2. The van der Waals surface area contributed by atoms with Crippen LogP contribution < -0.4 is 123 Å². The van der Waals surface area contributed by atoms with Crippen molar-refractivity contribution in [2.75, 3.05) is 13.2 Å². The molecule has 10 nitrogen and oxygen atoms in total. The normalized spacial score (nSPS) is 13.5. The van der Waals surface area contributed by atoms with Crippen LogP contribution in [0.15, 0.2) is 18.2 Å². The molecule has 1 amide bonds. The molecule has 0 aliphatic heterocycles. The molecule has 0 spiro atoms. The fourth-order valence-electron chi connectivity index (χ4n) is 1.69. The molecular formula is C13H17K2N2O8P. The third-order valence-corrected chi connectivity index (χ3v) is 3.93. The quantitative estimate of drug-likeness (QED) is 0.166. The van der Waals surface area contributed by atoms with Gasteiger partial charge in [0.2, 0.25) is 13.7 Å². The smallest absolute Gasteiger partial charge is 0.766 e. The molecule has 26 heavy (non-hydrogen) atoms. The van der Waals surface area contributed by atoms with Crippen molar-refractivity contribution in [1.82, 2.24) is 10.4 Å². The molecule has 1 aromatic rings. The summed E-state index contributed by atoms with van der Waals surface area (Å²) in [4.78, 5) is 33.2. The van der Waals surface area contributed by atoms with Crippen LogP contribution in [0.2, 0.25) is 0 Å². The van der Waals surface area contributed by atoms with Crippen molar-refractivity contribution in [3.63, 3.8) is 0 Å². The zero-order valence-corrected chi connectivity index (χ0v) is 21.9. The van der Waals surface area contributed by atoms with E-state index in [1.165, 1.54) is 18.2 Å². The van der Waals surface area contributed by atoms with Gasteiger partial charge in [-0.2, -0.15) is 0 Å². The van der Waals surface area contributed by atoms with Crippen molar-refractivity contribution >= 4 is 19.6 Å². The van der Waals surface area contributed by atoms with Gasteiger partial charge in [-0.3, -0.25) is 14.4 Å². The van der Waals surface area contributed by atoms with Crippen molar-refractivity contribution in [1.29, 1.82) is 0 Å². The Morgan fingerprint density at radius 3 is 2.38 bits per heavy atom. The van der Waals surface area contributed by atoms with Crippen LogP contribution in [0.1, 0.15) is 12.5 Å². The van der Waals surface area contributed by atoms with E-state index in [1.807, 2.05) is 5.32 Å². The monoisotopic (exact) mass is 438 g/mol. The fraction of sp³-hybridized carbons (Fsp3) is 0.385. The van der Waals surface area contributed by atoms with E-state index in [1.54, 1.807) is 0 Å². The Morgan fingerprint density at radius 2 is 1.88 bits per heavy atom. The molecule has 0 saturated carbocycles. The Balaban J connectivity index is 0. The van der Waals surface area contributed by atoms with Crippen LogP contribution in [0.25, 0.3) is 0 Å². The zero-order chi connectivity index (χ0) is 18.3. The molecule has 1 aromatic carbocycles. The minimum absolute atomic E-state index is 0. The molecular weight excluding hydrogens is 421 g/mol. The number of hydrogen-bond donors (Lipinski definition) is 4. The summed E-state index contributed by atoms with van der Waals surface area (Å²) < 4.78 is 16.1. The number of carboxylic acids is 1. The number of rotatable bonds is 9. The van der Waals surface area contributed by atoms with E-state index >= 15 is 0 Å². The van der Waals surface area contributed by atoms with Gasteiger partial charge in [0, 0.05) is 13.5 Å². The van der Waals surface area contributed by atoms with Crippen LogP contribution in [0.3, 0.4) is 0 Å². The SMILES string of the molecule is CC(=O)N[C@@H](COP(=O)([O-])NCCc1ccc(O)c(O)c1)C(=O)[O-].[K+].[K+]. The Kier molecular flexibility index (Phi) is 16.0. The summed E-state index contributed by atoms with van der Waals surface area (Å²) in [7, 11) is -4.54. The van der Waals surface area contributed by atoms with Gasteiger partial charge < -0.3 is 34.8 Å². The standard InChI is InChI=1S/C13H19N2O8P.2K/c1-8(16)15-10(13(19)20)7-23-24(21,22)14-5-4-9-2-3-11(17)12(18)6-9;;/h2-3,6,10,17-18H,4-5,7H2,1H3,(H,15,16)(H,19,20)(H2,14,21,22);;/q;2*+1/p-2/t10-;;/m0../s1. The molecule has 2 atom stereocenters. The van der Waals surface area contributed by atoms with E-state index in [-0.39, 0.29) is 127 Å². The number of amides is 1. The number of carboxylic acid groups (broad SMARTS) is 1. The largest absolute Gasteiger partial charge is 1.00 e. The van der Waals surface area contributed by atoms with Crippen LogP contribution in [-0.4, -0.2) is 41.3 Å². The van der Waals surface area contributed by atoms with Gasteiger partial charge in [0.05, 0.1) is 18.6 Å². The van der Waals surface area contributed by atoms with Crippen LogP contribution in [0.5, 0.6) is 11.5 Å². The summed E-state index contributed by atoms with van der Waals surface area (Å²) >= 11 is 0. The van der Waals surface area contributed by atoms with Gasteiger partial charge in [-0.1, -0.05) is 6.07 Å². The number of phenols is 2. The molecule has 1 rings (SSSR count). The maximum atomic E-state index is 11.6. The number of carbonyl (C=O) groups excluding carboxylic acids is 2. The first-order valence-corrected chi connectivity index (χ1v) is 8.34. The van der Waals surface area contributed by atoms with E-state index in [0.717, 1.165) is 6.92 Å². The molecule has 0 radical (unpaired) electrons. The molecule has 0 bridgehead atoms. The molecule has 13 heteroatoms. The summed E-state index contributed by atoms with van der Waals surface area (Å²) in [6.07, 6.45) is 0.193. The molecule has 0 heterocycles. The predicted octanol–water partition coefficient (Wildman–Crippen LogP) is -8.02. The topological polar surface area (TPSA) is 171 Å². The predicted molar refractivity (Wildman–Crippen MR) is 77.6 cm³/mol. The summed E-state index contributed by atoms with van der Waals surface area (Å²) in [5, 5.41) is 33.3. The molecule has 4 N–H and O–H groups in total. The fourth-order valence-corrected chi connectivity index (χ4v) is 2.52. The molecule has 134 valence electrons. The summed E-state index contributed by atoms with van der Waals surface area (Å²) in [6, 6.07) is 2.43. The average molecular weight is 438 g/mol. The number of aliphatic carboxylic acids is 1. The van der Waals surface area contributed by atoms with Gasteiger partial charge in [0.15, 0.2) is 11.5 Å². The Hall–Kier alpha value is 1.14. The van der Waals surface area contributed by atoms with E-state index in [0.29, 0.717) is 5.56 Å². The van der Waals surface area contributed by atoms with Gasteiger partial charge in [0.25, 0.3) is 0 Å². The minimum atomic E-state index is -4.54. The maximum absolute atomic E-state index is 11.6. The van der Waals surface area contributed by atoms with Crippen molar-refractivity contribution in [2.45, 2.75) is 19.4 Å². The van der Waals surface area contributed by atoms with Crippen molar-refractivity contribution in [3.05, 3.63) is 23.8 Å². The number of nitrogens with one attached hydrogen (secondary N) is 2. The number of carbonyl (C=O) groups is 2. The van der Waals surface area contributed by atoms with Crippen molar-refractivity contribution in [3.8, 4) is 11.5 Å². The zero-order valence-electron chi connectivity index (χ0n) is 14.7. The third kappa shape index (κ3) is 11.9. The molecule has 0 aliphatic carbocycles. The van der Waals surface area contributed by atoms with E-state index < -0.39 is 32.3 Å². The van der Waals surface area contributed by atoms with Crippen LogP contribution >= 0.6 is 7.75 Å². The van der Waals surface area contributed by atoms with E-state index in [4.69, 9.17) is 5.11 Å². The van der Waals surface area contributed by atoms with Gasteiger partial charge in [0.1, 0.15) is 0 Å². The molecule has 0 aliphatic rings. The molecule has 0 aromatic heterocycles. The average Bonchev–Trinajstić information content (AvgIpc) is 2.46. The summed E-state index contributed by atoms with van der Waals surface area (Å²) in [5.74, 6) is -2.98. The third-order valence-electron chi connectivity index (χ3n) is 2.83. The second kappa shape index (κ2) is 14.2. The number of phenolic OH excluding ortho intramolecular Hbond substituents is 2. The van der Waals surface area contributed by atoms with Gasteiger partial charge in [-0.15, -0.1) is 0 Å². The molecule has 0 fully saturated rings. The summed E-state index contributed by atoms with van der Waals surface area (Å²) in [5.41, 5.74) is 0.559. The van der Waals surface area contributed by atoms with E-state index in [9.17, 15) is 29.3 Å². The van der Waals surface area contributed by atoms with Crippen LogP contribution in [-0.2, 0) is 25.1 Å². The number of hydrogen-bond acceptors (Lipinski definition) is 8. The summed E-state index contributed by atoms with van der Waals surface area (Å²) in [6.45, 7) is 0.175. The Labute approximate surface area is 235 Å². The second-order valence-electron chi connectivity index (χ2n) is 4.85. The first kappa shape index (κ1) is 29.3. The minimum Gasteiger partial charge on any atom is -0.766 e. The maximum Gasteiger partial charge on any atom is 1.00 e. The first-order chi connectivity index (χ1) is 11.1. The van der Waals surface area contributed by atoms with Gasteiger partial charge >= 0.3 is 103 Å². The van der Waals surface area contributed by atoms with Gasteiger partial charge in [-0.25, -0.2) is 0 Å². The van der Waals surface area contributed by atoms with Crippen LogP contribution in [0, 0.1) is 0 Å². The van der Waals surface area contributed by atoms with Crippen molar-refractivity contribution in [2.24, 2.45) is 0 Å². The van der Waals surface area contributed by atoms with Crippen molar-refractivity contribution < 1.29 is 142 Å². The molecule has 1 unspecified atom stereocenters. The van der Waals surface area contributed by atoms with Crippen LogP contribution in [0.4, 0.5) is 0 Å².